The molecule has 19 heavy (non-hydrogen) atoms. The summed E-state index contributed by atoms with van der Waals surface area (Å²) in [6.07, 6.45) is 0.746. The predicted octanol–water partition coefficient (Wildman–Crippen LogP) is -0.457. The van der Waals surface area contributed by atoms with Crippen LogP contribution in [0.15, 0.2) is 20.8 Å². The summed E-state index contributed by atoms with van der Waals surface area (Å²) >= 11 is 3.05. The fourth-order valence-electron chi connectivity index (χ4n) is 1.95. The maximum atomic E-state index is 11.7. The van der Waals surface area contributed by atoms with Crippen LogP contribution in [-0.4, -0.2) is 38.6 Å². The van der Waals surface area contributed by atoms with Gasteiger partial charge in [0, 0.05) is 12.6 Å². The van der Waals surface area contributed by atoms with Crippen molar-refractivity contribution < 1.29 is 14.9 Å². The Morgan fingerprint density at radius 2 is 2.32 bits per heavy atom. The molecule has 0 unspecified atom stereocenters. The molecular formula is C11H13BrN2O5. The molecule has 1 saturated heterocycles. The molecule has 1 aliphatic rings. The lowest BCUT2D eigenvalue weighted by atomic mass is 10.2. The number of aromatic amines is 1. The number of aliphatic hydroxyl groups is 2. The molecule has 0 saturated carbocycles. The molecule has 0 amide bonds. The van der Waals surface area contributed by atoms with Gasteiger partial charge in [0.25, 0.3) is 5.56 Å². The lowest BCUT2D eigenvalue weighted by Crippen LogP contribution is -2.33. The van der Waals surface area contributed by atoms with Crippen LogP contribution in [0.25, 0.3) is 6.08 Å². The van der Waals surface area contributed by atoms with Crippen LogP contribution in [0.2, 0.25) is 0 Å². The Morgan fingerprint density at radius 3 is 2.89 bits per heavy atom. The van der Waals surface area contributed by atoms with Crippen LogP contribution >= 0.6 is 15.9 Å². The third-order valence-corrected chi connectivity index (χ3v) is 3.20. The first kappa shape index (κ1) is 14.2. The Hall–Kier alpha value is -1.22. The van der Waals surface area contributed by atoms with Gasteiger partial charge in [-0.2, -0.15) is 0 Å². The first-order valence-corrected chi connectivity index (χ1v) is 6.55. The van der Waals surface area contributed by atoms with E-state index in [9.17, 15) is 14.7 Å². The van der Waals surface area contributed by atoms with Gasteiger partial charge in [0.15, 0.2) is 0 Å². The van der Waals surface area contributed by atoms with Crippen LogP contribution < -0.4 is 11.2 Å². The number of aromatic nitrogens is 2. The van der Waals surface area contributed by atoms with E-state index < -0.39 is 29.7 Å². The number of hydrogen-bond donors (Lipinski definition) is 3. The van der Waals surface area contributed by atoms with E-state index in [-0.39, 0.29) is 18.6 Å². The molecule has 1 aromatic heterocycles. The third kappa shape index (κ3) is 2.86. The van der Waals surface area contributed by atoms with Crippen LogP contribution in [0.4, 0.5) is 0 Å². The Labute approximate surface area is 116 Å². The second kappa shape index (κ2) is 5.83. The van der Waals surface area contributed by atoms with Gasteiger partial charge in [-0.15, -0.1) is 0 Å². The second-order valence-electron chi connectivity index (χ2n) is 4.16. The van der Waals surface area contributed by atoms with Crippen molar-refractivity contribution in [2.45, 2.75) is 24.9 Å². The average Bonchev–Trinajstić information content (AvgIpc) is 2.74. The zero-order valence-electron chi connectivity index (χ0n) is 9.82. The van der Waals surface area contributed by atoms with Gasteiger partial charge in [-0.05, 0) is 11.1 Å². The zero-order chi connectivity index (χ0) is 14.0. The molecule has 3 atom stereocenters. The summed E-state index contributed by atoms with van der Waals surface area (Å²) in [6.45, 7) is -0.329. The van der Waals surface area contributed by atoms with Crippen molar-refractivity contribution in [3.63, 3.8) is 0 Å². The largest absolute Gasteiger partial charge is 0.394 e. The van der Waals surface area contributed by atoms with Gasteiger partial charge >= 0.3 is 5.69 Å². The van der Waals surface area contributed by atoms with E-state index >= 15 is 0 Å². The van der Waals surface area contributed by atoms with E-state index in [1.54, 1.807) is 0 Å². The van der Waals surface area contributed by atoms with Crippen molar-refractivity contribution in [3.05, 3.63) is 37.6 Å². The third-order valence-electron chi connectivity index (χ3n) is 2.93. The van der Waals surface area contributed by atoms with Crippen LogP contribution in [-0.2, 0) is 4.74 Å². The smallest absolute Gasteiger partial charge is 0.330 e. The predicted molar refractivity (Wildman–Crippen MR) is 70.9 cm³/mol. The number of nitrogens with one attached hydrogen (secondary N) is 1. The maximum absolute atomic E-state index is 11.7. The molecule has 7 nitrogen and oxygen atoms in total. The maximum Gasteiger partial charge on any atom is 0.330 e. The molecule has 104 valence electrons. The molecule has 2 heterocycles. The highest BCUT2D eigenvalue weighted by atomic mass is 79.9. The summed E-state index contributed by atoms with van der Waals surface area (Å²) in [5, 5.41) is 18.7. The van der Waals surface area contributed by atoms with Crippen LogP contribution in [0.5, 0.6) is 0 Å². The minimum Gasteiger partial charge on any atom is -0.394 e. The van der Waals surface area contributed by atoms with Gasteiger partial charge in [0.1, 0.15) is 12.3 Å². The molecule has 0 spiro atoms. The fraction of sp³-hybridized carbons (Fsp3) is 0.455. The van der Waals surface area contributed by atoms with E-state index in [0.29, 0.717) is 0 Å². The van der Waals surface area contributed by atoms with Gasteiger partial charge in [0.2, 0.25) is 0 Å². The van der Waals surface area contributed by atoms with Crippen molar-refractivity contribution in [2.75, 3.05) is 6.61 Å². The average molecular weight is 339 g/mol. The Kier molecular flexibility index (Phi) is 4.35. The summed E-state index contributed by atoms with van der Waals surface area (Å²) in [4.78, 5) is 26.9. The normalized spacial score (nSPS) is 27.2. The molecule has 3 N–H and O–H groups in total. The zero-order valence-corrected chi connectivity index (χ0v) is 11.4. The summed E-state index contributed by atoms with van der Waals surface area (Å²) in [7, 11) is 0. The van der Waals surface area contributed by atoms with Crippen molar-refractivity contribution in [2.24, 2.45) is 0 Å². The molecule has 0 bridgehead atoms. The Balaban J connectivity index is 2.38. The molecule has 1 aromatic rings. The Morgan fingerprint density at radius 1 is 1.58 bits per heavy atom. The SMILES string of the molecule is O=[13c]1[15nH][13c](=O)[15n]([C@H]2C[C@H](O)[C@@H](CO)O2)[13cH][13c]1/C=C/Br. The number of aliphatic hydroxyl groups excluding tert-OH is 2. The molecule has 1 fully saturated rings. The number of rotatable bonds is 3. The van der Waals surface area contributed by atoms with E-state index in [2.05, 4.69) is 20.9 Å². The highest BCUT2D eigenvalue weighted by Crippen LogP contribution is 2.27. The summed E-state index contributed by atoms with van der Waals surface area (Å²) in [6, 6.07) is 0. The van der Waals surface area contributed by atoms with Gasteiger partial charge in [-0.3, -0.25) is 14.3 Å². The minimum absolute atomic E-state index is 0.175. The molecule has 2 rings (SSSR count). The van der Waals surface area contributed by atoms with Gasteiger partial charge in [-0.25, -0.2) is 4.79 Å². The minimum atomic E-state index is -0.844. The molecule has 0 radical (unpaired) electrons. The standard InChI is InChI=1S/C11H13BrN2O5/c12-2-1-6-4-14(11(18)13-10(6)17)9-3-7(16)8(5-15)19-9/h1-2,4,7-9,15-16H,3,5H2,(H,13,17,18)/b2-1+/t7-,8+,9+/m0/s1/i4+1,6+1,10+1,11+1,13+1,14+1. The highest BCUT2D eigenvalue weighted by Gasteiger charge is 2.35. The lowest BCUT2D eigenvalue weighted by Gasteiger charge is -2.14. The second-order valence-corrected chi connectivity index (χ2v) is 4.69. The molecule has 1 aliphatic heterocycles. The van der Waals surface area contributed by atoms with Gasteiger partial charge in [0.05, 0.1) is 18.3 Å². The van der Waals surface area contributed by atoms with Crippen molar-refractivity contribution >= 4 is 22.0 Å². The lowest BCUT2D eigenvalue weighted by molar-refractivity contribution is -0.0459. The van der Waals surface area contributed by atoms with E-state index in [0.717, 1.165) is 0 Å². The van der Waals surface area contributed by atoms with E-state index in [1.807, 2.05) is 0 Å². The topological polar surface area (TPSA) is 105 Å². The van der Waals surface area contributed by atoms with E-state index in [4.69, 9.17) is 9.84 Å². The quantitative estimate of drug-likeness (QED) is 0.692. The summed E-state index contributed by atoms with van der Waals surface area (Å²) in [5.41, 5.74) is -0.844. The summed E-state index contributed by atoms with van der Waals surface area (Å²) < 4.78 is 6.56. The monoisotopic (exact) mass is 338 g/mol. The van der Waals surface area contributed by atoms with Crippen LogP contribution in [0.3, 0.4) is 0 Å². The number of halogens is 1. The number of H-pyrrole nitrogens is 1. The highest BCUT2D eigenvalue weighted by molar-refractivity contribution is 9.11. The first-order chi connectivity index (χ1) is 9.06. The number of ether oxygens (including phenoxy) is 1. The Bertz CT molecular complexity index is 593. The van der Waals surface area contributed by atoms with Crippen LogP contribution in [0.1, 0.15) is 18.2 Å². The number of hydrogen-bond acceptors (Lipinski definition) is 5. The van der Waals surface area contributed by atoms with Crippen molar-refractivity contribution in [1.29, 1.82) is 0 Å². The summed E-state index contributed by atoms with van der Waals surface area (Å²) in [5.74, 6) is 0. The fourth-order valence-corrected chi connectivity index (χ4v) is 2.24. The molecule has 0 aromatic carbocycles. The number of nitrogens with zero attached hydrogens (tertiary/aromatic N) is 1. The first-order valence-electron chi connectivity index (χ1n) is 5.63. The van der Waals surface area contributed by atoms with Crippen molar-refractivity contribution in [1.82, 2.24) is 9.55 Å². The molecule has 0 aliphatic carbocycles. The van der Waals surface area contributed by atoms with Crippen LogP contribution in [0, 0.1) is 0 Å². The molecule has 8 heteroatoms. The molecular weight excluding hydrogens is 326 g/mol. The van der Waals surface area contributed by atoms with Crippen molar-refractivity contribution in [3.8, 4) is 0 Å². The van der Waals surface area contributed by atoms with E-state index in [1.165, 1.54) is 21.8 Å². The van der Waals surface area contributed by atoms with Gasteiger partial charge in [-0.1, -0.05) is 15.9 Å². The van der Waals surface area contributed by atoms with Gasteiger partial charge < -0.3 is 14.9 Å².